The van der Waals surface area contributed by atoms with Crippen molar-refractivity contribution in [3.05, 3.63) is 33.3 Å². The summed E-state index contributed by atoms with van der Waals surface area (Å²) >= 11 is 9.14. The fourth-order valence-electron chi connectivity index (χ4n) is 1.01. The Kier molecular flexibility index (Phi) is 4.57. The first-order chi connectivity index (χ1) is 7.00. The Balaban J connectivity index is 2.58. The molecule has 0 saturated carbocycles. The molecule has 0 spiro atoms. The molecule has 1 unspecified atom stereocenters. The van der Waals surface area contributed by atoms with Crippen molar-refractivity contribution in [3.63, 3.8) is 0 Å². The third-order valence-corrected chi connectivity index (χ3v) is 3.18. The zero-order valence-electron chi connectivity index (χ0n) is 8.13. The minimum atomic E-state index is -0.858. The van der Waals surface area contributed by atoms with Crippen LogP contribution in [0.4, 0.5) is 0 Å². The molecular formula is C10H11BrClNO2. The first-order valence-electron chi connectivity index (χ1n) is 4.41. The van der Waals surface area contributed by atoms with E-state index in [1.54, 1.807) is 13.0 Å². The van der Waals surface area contributed by atoms with Crippen molar-refractivity contribution in [2.24, 2.45) is 0 Å². The highest BCUT2D eigenvalue weighted by molar-refractivity contribution is 9.10. The van der Waals surface area contributed by atoms with Crippen molar-refractivity contribution in [1.82, 2.24) is 5.32 Å². The van der Waals surface area contributed by atoms with Gasteiger partial charge >= 0.3 is 5.97 Å². The van der Waals surface area contributed by atoms with Gasteiger partial charge in [-0.2, -0.15) is 0 Å². The van der Waals surface area contributed by atoms with Crippen LogP contribution in [0.2, 0.25) is 5.02 Å². The Morgan fingerprint density at radius 2 is 2.33 bits per heavy atom. The Bertz CT molecular complexity index is 370. The summed E-state index contributed by atoms with van der Waals surface area (Å²) in [5.74, 6) is -0.858. The minimum absolute atomic E-state index is 0.503. The summed E-state index contributed by atoms with van der Waals surface area (Å²) in [5.41, 5.74) is 0.986. The van der Waals surface area contributed by atoms with Gasteiger partial charge in [-0.3, -0.25) is 4.79 Å². The summed E-state index contributed by atoms with van der Waals surface area (Å²) in [6.07, 6.45) is 0. The molecule has 1 aromatic carbocycles. The van der Waals surface area contributed by atoms with E-state index >= 15 is 0 Å². The van der Waals surface area contributed by atoms with Crippen molar-refractivity contribution < 1.29 is 9.90 Å². The van der Waals surface area contributed by atoms with E-state index in [1.165, 1.54) is 0 Å². The van der Waals surface area contributed by atoms with E-state index in [9.17, 15) is 4.79 Å². The highest BCUT2D eigenvalue weighted by Crippen LogP contribution is 2.23. The first-order valence-corrected chi connectivity index (χ1v) is 5.58. The van der Waals surface area contributed by atoms with Crippen LogP contribution in [0.15, 0.2) is 22.7 Å². The number of rotatable bonds is 4. The average Bonchev–Trinajstić information content (AvgIpc) is 2.19. The summed E-state index contributed by atoms with van der Waals surface area (Å²) in [4.78, 5) is 10.5. The largest absolute Gasteiger partial charge is 0.480 e. The lowest BCUT2D eigenvalue weighted by Gasteiger charge is -2.09. The molecule has 0 radical (unpaired) electrons. The van der Waals surface area contributed by atoms with Crippen LogP contribution in [0.25, 0.3) is 0 Å². The van der Waals surface area contributed by atoms with Gasteiger partial charge < -0.3 is 10.4 Å². The van der Waals surface area contributed by atoms with Gasteiger partial charge in [0.05, 0.1) is 5.02 Å². The van der Waals surface area contributed by atoms with Crippen LogP contribution in [0.5, 0.6) is 0 Å². The summed E-state index contributed by atoms with van der Waals surface area (Å²) in [5, 5.41) is 12.2. The predicted molar refractivity (Wildman–Crippen MR) is 63.1 cm³/mol. The number of benzene rings is 1. The zero-order chi connectivity index (χ0) is 11.4. The molecule has 3 nitrogen and oxygen atoms in total. The highest BCUT2D eigenvalue weighted by Gasteiger charge is 2.09. The van der Waals surface area contributed by atoms with Gasteiger partial charge in [0, 0.05) is 11.0 Å². The number of carbonyl (C=O) groups is 1. The molecule has 0 aliphatic heterocycles. The molecule has 0 aromatic heterocycles. The summed E-state index contributed by atoms with van der Waals surface area (Å²) in [6, 6.07) is 4.94. The first kappa shape index (κ1) is 12.5. The van der Waals surface area contributed by atoms with Crippen molar-refractivity contribution in [2.75, 3.05) is 0 Å². The van der Waals surface area contributed by atoms with Crippen LogP contribution in [-0.4, -0.2) is 17.1 Å². The molecule has 2 N–H and O–H groups in total. The topological polar surface area (TPSA) is 49.3 Å². The summed E-state index contributed by atoms with van der Waals surface area (Å²) in [7, 11) is 0. The Labute approximate surface area is 102 Å². The monoisotopic (exact) mass is 291 g/mol. The quantitative estimate of drug-likeness (QED) is 0.897. The van der Waals surface area contributed by atoms with Gasteiger partial charge in [-0.25, -0.2) is 0 Å². The minimum Gasteiger partial charge on any atom is -0.480 e. The molecular weight excluding hydrogens is 281 g/mol. The number of nitrogens with one attached hydrogen (secondary N) is 1. The number of hydrogen-bond acceptors (Lipinski definition) is 2. The molecule has 5 heteroatoms. The number of carboxylic acid groups (broad SMARTS) is 1. The molecule has 15 heavy (non-hydrogen) atoms. The third kappa shape index (κ3) is 3.81. The van der Waals surface area contributed by atoms with E-state index in [0.717, 1.165) is 10.0 Å². The zero-order valence-corrected chi connectivity index (χ0v) is 10.5. The Morgan fingerprint density at radius 3 is 2.87 bits per heavy atom. The van der Waals surface area contributed by atoms with Gasteiger partial charge in [0.15, 0.2) is 0 Å². The third-order valence-electron chi connectivity index (χ3n) is 1.97. The lowest BCUT2D eigenvalue weighted by molar-refractivity contribution is -0.139. The molecule has 1 aromatic rings. The summed E-state index contributed by atoms with van der Waals surface area (Å²) < 4.78 is 0.812. The van der Waals surface area contributed by atoms with E-state index in [1.807, 2.05) is 12.1 Å². The molecule has 0 heterocycles. The van der Waals surface area contributed by atoms with Crippen LogP contribution >= 0.6 is 27.5 Å². The van der Waals surface area contributed by atoms with Crippen molar-refractivity contribution in [2.45, 2.75) is 19.5 Å². The van der Waals surface area contributed by atoms with E-state index < -0.39 is 12.0 Å². The van der Waals surface area contributed by atoms with E-state index in [-0.39, 0.29) is 0 Å². The lowest BCUT2D eigenvalue weighted by Crippen LogP contribution is -2.33. The number of aliphatic carboxylic acids is 1. The number of halogens is 2. The van der Waals surface area contributed by atoms with Gasteiger partial charge in [-0.1, -0.05) is 17.7 Å². The standard InChI is InChI=1S/C10H11BrClNO2/c1-6(10(14)15)13-5-7-2-3-9(12)8(11)4-7/h2-4,6,13H,5H2,1H3,(H,14,15). The van der Waals surface area contributed by atoms with E-state index in [0.29, 0.717) is 11.6 Å². The SMILES string of the molecule is CC(NCc1ccc(Cl)c(Br)c1)C(=O)O. The van der Waals surface area contributed by atoms with Crippen molar-refractivity contribution in [1.29, 1.82) is 0 Å². The molecule has 1 atom stereocenters. The fourth-order valence-corrected chi connectivity index (χ4v) is 1.55. The second-order valence-corrected chi connectivity index (χ2v) is 4.45. The summed E-state index contributed by atoms with van der Waals surface area (Å²) in [6.45, 7) is 2.11. The molecule has 0 saturated heterocycles. The van der Waals surface area contributed by atoms with Gasteiger partial charge in [0.1, 0.15) is 6.04 Å². The molecule has 82 valence electrons. The van der Waals surface area contributed by atoms with Gasteiger partial charge in [-0.05, 0) is 40.5 Å². The maximum Gasteiger partial charge on any atom is 0.320 e. The number of hydrogen-bond donors (Lipinski definition) is 2. The number of carboxylic acids is 1. The Morgan fingerprint density at radius 1 is 1.67 bits per heavy atom. The molecule has 0 fully saturated rings. The predicted octanol–water partition coefficient (Wildman–Crippen LogP) is 2.67. The maximum atomic E-state index is 10.5. The van der Waals surface area contributed by atoms with Crippen LogP contribution < -0.4 is 5.32 Å². The lowest BCUT2D eigenvalue weighted by atomic mass is 10.2. The molecule has 0 aliphatic rings. The highest BCUT2D eigenvalue weighted by atomic mass is 79.9. The normalized spacial score (nSPS) is 12.5. The van der Waals surface area contributed by atoms with Crippen LogP contribution in [0.1, 0.15) is 12.5 Å². The van der Waals surface area contributed by atoms with Gasteiger partial charge in [0.2, 0.25) is 0 Å². The van der Waals surface area contributed by atoms with Crippen molar-refractivity contribution in [3.8, 4) is 0 Å². The molecule has 1 rings (SSSR count). The molecule has 0 amide bonds. The molecule has 0 aliphatic carbocycles. The Hall–Kier alpha value is -0.580. The van der Waals surface area contributed by atoms with E-state index in [4.69, 9.17) is 16.7 Å². The smallest absolute Gasteiger partial charge is 0.320 e. The fraction of sp³-hybridized carbons (Fsp3) is 0.300. The van der Waals surface area contributed by atoms with Crippen LogP contribution in [-0.2, 0) is 11.3 Å². The van der Waals surface area contributed by atoms with E-state index in [2.05, 4.69) is 21.2 Å². The molecule has 0 bridgehead atoms. The average molecular weight is 293 g/mol. The van der Waals surface area contributed by atoms with Crippen LogP contribution in [0.3, 0.4) is 0 Å². The van der Waals surface area contributed by atoms with Gasteiger partial charge in [-0.15, -0.1) is 0 Å². The second kappa shape index (κ2) is 5.49. The van der Waals surface area contributed by atoms with Gasteiger partial charge in [0.25, 0.3) is 0 Å². The van der Waals surface area contributed by atoms with Crippen molar-refractivity contribution >= 4 is 33.5 Å². The maximum absolute atomic E-state index is 10.5. The second-order valence-electron chi connectivity index (χ2n) is 3.19. The van der Waals surface area contributed by atoms with Crippen LogP contribution in [0, 0.1) is 0 Å².